The topological polar surface area (TPSA) is 44.5 Å². The molecule has 2 N–H and O–H groups in total. The van der Waals surface area contributed by atoms with Gasteiger partial charge in [-0.25, -0.2) is 0 Å². The van der Waals surface area contributed by atoms with Gasteiger partial charge in [0.2, 0.25) is 0 Å². The number of benzene rings is 1. The Morgan fingerprint density at radius 2 is 1.82 bits per heavy atom. The zero-order valence-electron chi connectivity index (χ0n) is 10.1. The molecule has 17 heavy (non-hydrogen) atoms. The van der Waals surface area contributed by atoms with E-state index in [9.17, 15) is 0 Å². The highest BCUT2D eigenvalue weighted by molar-refractivity contribution is 5.85. The van der Waals surface area contributed by atoms with Gasteiger partial charge in [-0.3, -0.25) is 0 Å². The molecule has 1 aromatic carbocycles. The van der Waals surface area contributed by atoms with Crippen LogP contribution in [0.25, 0.3) is 0 Å². The van der Waals surface area contributed by atoms with Crippen molar-refractivity contribution in [3.8, 4) is 5.75 Å². The van der Waals surface area contributed by atoms with E-state index in [4.69, 9.17) is 15.2 Å². The lowest BCUT2D eigenvalue weighted by atomic mass is 9.88. The molecule has 0 aromatic heterocycles. The molecule has 0 bridgehead atoms. The first-order chi connectivity index (χ1) is 7.81. The SMILES string of the molecule is COc1ccc([C@H](N)C2CCOCC2)cc1.Cl. The number of halogens is 1. The fourth-order valence-electron chi connectivity index (χ4n) is 2.17. The van der Waals surface area contributed by atoms with Gasteiger partial charge in [-0.05, 0) is 36.5 Å². The number of hydrogen-bond acceptors (Lipinski definition) is 3. The number of methoxy groups -OCH3 is 1. The van der Waals surface area contributed by atoms with Gasteiger partial charge < -0.3 is 15.2 Å². The summed E-state index contributed by atoms with van der Waals surface area (Å²) < 4.78 is 10.5. The second-order valence-electron chi connectivity index (χ2n) is 4.25. The molecule has 1 aliphatic rings. The molecule has 0 unspecified atom stereocenters. The fourth-order valence-corrected chi connectivity index (χ4v) is 2.17. The van der Waals surface area contributed by atoms with Crippen molar-refractivity contribution >= 4 is 12.4 Å². The van der Waals surface area contributed by atoms with E-state index in [0.717, 1.165) is 31.8 Å². The highest BCUT2D eigenvalue weighted by atomic mass is 35.5. The molecule has 1 atom stereocenters. The van der Waals surface area contributed by atoms with Crippen molar-refractivity contribution in [3.63, 3.8) is 0 Å². The second kappa shape index (κ2) is 6.84. The van der Waals surface area contributed by atoms with Crippen molar-refractivity contribution in [2.75, 3.05) is 20.3 Å². The van der Waals surface area contributed by atoms with E-state index in [1.54, 1.807) is 7.11 Å². The second-order valence-corrected chi connectivity index (χ2v) is 4.25. The van der Waals surface area contributed by atoms with Crippen molar-refractivity contribution in [1.82, 2.24) is 0 Å². The summed E-state index contributed by atoms with van der Waals surface area (Å²) in [6, 6.07) is 8.16. The Morgan fingerprint density at radius 1 is 1.24 bits per heavy atom. The van der Waals surface area contributed by atoms with Crippen LogP contribution in [0.15, 0.2) is 24.3 Å². The highest BCUT2D eigenvalue weighted by Crippen LogP contribution is 2.28. The first-order valence-corrected chi connectivity index (χ1v) is 5.78. The molecule has 1 fully saturated rings. The smallest absolute Gasteiger partial charge is 0.118 e. The molecule has 1 aromatic rings. The largest absolute Gasteiger partial charge is 0.497 e. The first-order valence-electron chi connectivity index (χ1n) is 5.78. The van der Waals surface area contributed by atoms with Gasteiger partial charge in [0.15, 0.2) is 0 Å². The van der Waals surface area contributed by atoms with Crippen LogP contribution in [-0.4, -0.2) is 20.3 Å². The molecule has 0 spiro atoms. The molecule has 0 aliphatic carbocycles. The third kappa shape index (κ3) is 3.60. The maximum atomic E-state index is 6.26. The van der Waals surface area contributed by atoms with Gasteiger partial charge in [0.25, 0.3) is 0 Å². The summed E-state index contributed by atoms with van der Waals surface area (Å²) in [5.41, 5.74) is 7.45. The van der Waals surface area contributed by atoms with Crippen LogP contribution in [0.3, 0.4) is 0 Å². The van der Waals surface area contributed by atoms with Crippen molar-refractivity contribution < 1.29 is 9.47 Å². The zero-order valence-corrected chi connectivity index (χ0v) is 10.9. The molecule has 0 amide bonds. The van der Waals surface area contributed by atoms with Crippen LogP contribution < -0.4 is 10.5 Å². The Kier molecular flexibility index (Phi) is 5.75. The molecule has 2 rings (SSSR count). The van der Waals surface area contributed by atoms with E-state index in [-0.39, 0.29) is 18.4 Å². The van der Waals surface area contributed by atoms with Gasteiger partial charge in [-0.2, -0.15) is 0 Å². The minimum absolute atomic E-state index is 0. The number of ether oxygens (including phenoxy) is 2. The maximum Gasteiger partial charge on any atom is 0.118 e. The van der Waals surface area contributed by atoms with E-state index in [0.29, 0.717) is 5.92 Å². The number of hydrogen-bond donors (Lipinski definition) is 1. The van der Waals surface area contributed by atoms with E-state index in [2.05, 4.69) is 12.1 Å². The molecule has 1 saturated heterocycles. The normalized spacial score (nSPS) is 18.2. The average molecular weight is 258 g/mol. The molecule has 4 heteroatoms. The number of nitrogens with two attached hydrogens (primary N) is 1. The summed E-state index contributed by atoms with van der Waals surface area (Å²) in [4.78, 5) is 0. The van der Waals surface area contributed by atoms with Crippen LogP contribution in [0, 0.1) is 5.92 Å². The predicted octanol–water partition coefficient (Wildman–Crippen LogP) is 2.54. The Hall–Kier alpha value is -0.770. The van der Waals surface area contributed by atoms with Gasteiger partial charge >= 0.3 is 0 Å². The summed E-state index contributed by atoms with van der Waals surface area (Å²) >= 11 is 0. The van der Waals surface area contributed by atoms with Crippen molar-refractivity contribution in [2.24, 2.45) is 11.7 Å². The van der Waals surface area contributed by atoms with Gasteiger partial charge in [0.1, 0.15) is 5.75 Å². The van der Waals surface area contributed by atoms with Crippen molar-refractivity contribution in [2.45, 2.75) is 18.9 Å². The van der Waals surface area contributed by atoms with E-state index >= 15 is 0 Å². The minimum atomic E-state index is 0. The zero-order chi connectivity index (χ0) is 11.4. The first kappa shape index (κ1) is 14.3. The molecule has 1 heterocycles. The average Bonchev–Trinajstić information content (AvgIpc) is 2.39. The molecular formula is C13H20ClNO2. The monoisotopic (exact) mass is 257 g/mol. The van der Waals surface area contributed by atoms with Crippen LogP contribution in [0.1, 0.15) is 24.4 Å². The van der Waals surface area contributed by atoms with Crippen molar-refractivity contribution in [1.29, 1.82) is 0 Å². The van der Waals surface area contributed by atoms with Crippen LogP contribution in [0.4, 0.5) is 0 Å². The van der Waals surface area contributed by atoms with E-state index < -0.39 is 0 Å². The lowest BCUT2D eigenvalue weighted by Gasteiger charge is -2.27. The maximum absolute atomic E-state index is 6.26. The van der Waals surface area contributed by atoms with E-state index in [1.807, 2.05) is 12.1 Å². The summed E-state index contributed by atoms with van der Waals surface area (Å²) in [7, 11) is 1.67. The predicted molar refractivity (Wildman–Crippen MR) is 70.7 cm³/mol. The van der Waals surface area contributed by atoms with Gasteiger partial charge in [0.05, 0.1) is 7.11 Å². The molecule has 3 nitrogen and oxygen atoms in total. The van der Waals surface area contributed by atoms with Crippen molar-refractivity contribution in [3.05, 3.63) is 29.8 Å². The summed E-state index contributed by atoms with van der Waals surface area (Å²) in [6.07, 6.45) is 2.13. The number of rotatable bonds is 3. The Bertz CT molecular complexity index is 323. The van der Waals surface area contributed by atoms with E-state index in [1.165, 1.54) is 5.56 Å². The standard InChI is InChI=1S/C13H19NO2.ClH/c1-15-12-4-2-10(3-5-12)13(14)11-6-8-16-9-7-11;/h2-5,11,13H,6-9,14H2,1H3;1H/t13-;/m0./s1. The van der Waals surface area contributed by atoms with Crippen LogP contribution in [0.2, 0.25) is 0 Å². The molecule has 0 saturated carbocycles. The Morgan fingerprint density at radius 3 is 2.35 bits per heavy atom. The lowest BCUT2D eigenvalue weighted by molar-refractivity contribution is 0.0584. The molecular weight excluding hydrogens is 238 g/mol. The van der Waals surface area contributed by atoms with Gasteiger partial charge in [-0.15, -0.1) is 12.4 Å². The third-order valence-corrected chi connectivity index (χ3v) is 3.27. The molecule has 0 radical (unpaired) electrons. The van der Waals surface area contributed by atoms with Crippen LogP contribution in [0.5, 0.6) is 5.75 Å². The van der Waals surface area contributed by atoms with Gasteiger partial charge in [-0.1, -0.05) is 12.1 Å². The quantitative estimate of drug-likeness (QED) is 0.905. The van der Waals surface area contributed by atoms with Crippen LogP contribution >= 0.6 is 12.4 Å². The lowest BCUT2D eigenvalue weighted by Crippen LogP contribution is -2.27. The fraction of sp³-hybridized carbons (Fsp3) is 0.538. The summed E-state index contributed by atoms with van der Waals surface area (Å²) in [6.45, 7) is 1.68. The Labute approximate surface area is 109 Å². The Balaban J connectivity index is 0.00000144. The molecule has 96 valence electrons. The van der Waals surface area contributed by atoms with Gasteiger partial charge in [0, 0.05) is 19.3 Å². The van der Waals surface area contributed by atoms with Crippen LogP contribution in [-0.2, 0) is 4.74 Å². The summed E-state index contributed by atoms with van der Waals surface area (Å²) in [5.74, 6) is 1.42. The molecule has 1 aliphatic heterocycles. The summed E-state index contributed by atoms with van der Waals surface area (Å²) in [5, 5.41) is 0. The minimum Gasteiger partial charge on any atom is -0.497 e. The highest BCUT2D eigenvalue weighted by Gasteiger charge is 2.21. The third-order valence-electron chi connectivity index (χ3n) is 3.27.